The van der Waals surface area contributed by atoms with E-state index in [0.29, 0.717) is 11.4 Å². The topological polar surface area (TPSA) is 268 Å². The number of nitrogen functional groups attached to an aromatic ring is 2. The number of carbonyl (C=O) groups is 4. The van der Waals surface area contributed by atoms with Crippen molar-refractivity contribution in [2.24, 2.45) is 0 Å². The summed E-state index contributed by atoms with van der Waals surface area (Å²) >= 11 is 16.3. The normalized spacial score (nSPS) is 11.6. The van der Waals surface area contributed by atoms with Crippen molar-refractivity contribution in [3.63, 3.8) is 0 Å². The van der Waals surface area contributed by atoms with Crippen LogP contribution in [0.4, 0.5) is 50.9 Å². The first-order valence-electron chi connectivity index (χ1n) is 18.4. The Morgan fingerprint density at radius 1 is 0.449 bits per heavy atom. The molecule has 0 spiro atoms. The van der Waals surface area contributed by atoms with Crippen molar-refractivity contribution < 1.29 is 78.7 Å². The molecule has 28 heteroatoms. The number of carbonyl (C=O) groups excluding carboxylic acids is 1. The molecule has 0 aliphatic carbocycles. The van der Waals surface area contributed by atoms with Gasteiger partial charge >= 0.3 is 42.4 Å². The number of hydrogen-bond donors (Lipinski definition) is 5. The van der Waals surface area contributed by atoms with Crippen molar-refractivity contribution in [1.29, 1.82) is 0 Å². The molecule has 0 bridgehead atoms. The smallest absolute Gasteiger partial charge is 0.436 e. The predicted octanol–water partition coefficient (Wildman–Crippen LogP) is 10.8. The Labute approximate surface area is 394 Å². The number of rotatable bonds is 4. The van der Waals surface area contributed by atoms with E-state index in [4.69, 9.17) is 66.3 Å². The van der Waals surface area contributed by atoms with Crippen molar-refractivity contribution >= 4 is 103 Å². The second kappa shape index (κ2) is 20.9. The standard InChI is InChI=1S/C14H12ClF3N2O2.2C10H4ClF3N2O2.C7H8N2O2/c1-13(2,3)22-12(21)7-4-5-8-9(6-7)20-11(15)10(19-8)14(16,17)18;2*11-8-7(10(12,13)14)15-5-2-1-4(9(17)18)3-6(5)16-8;8-5-2-1-4(7(10)11)3-6(5)9/h4-6H,1-3H3;2*1-3H,(H,17,18);1-3H,8-9H2,(H,10,11). The molecule has 69 heavy (non-hydrogen) atoms. The van der Waals surface area contributed by atoms with Gasteiger partial charge in [0.15, 0.2) is 32.5 Å². The van der Waals surface area contributed by atoms with Gasteiger partial charge in [0.05, 0.1) is 66.7 Å². The van der Waals surface area contributed by atoms with Gasteiger partial charge in [0.25, 0.3) is 0 Å². The number of fused-ring (bicyclic) bond motifs is 3. The molecule has 3 aromatic heterocycles. The van der Waals surface area contributed by atoms with Crippen LogP contribution in [0.5, 0.6) is 0 Å². The van der Waals surface area contributed by atoms with E-state index in [2.05, 4.69) is 29.9 Å². The second-order valence-corrected chi connectivity index (χ2v) is 15.5. The molecule has 0 aliphatic heterocycles. The maximum Gasteiger partial charge on any atom is 0.436 e. The highest BCUT2D eigenvalue weighted by Gasteiger charge is 2.38. The number of anilines is 2. The summed E-state index contributed by atoms with van der Waals surface area (Å²) in [6, 6.07) is 14.9. The Bertz CT molecular complexity index is 3020. The quantitative estimate of drug-likeness (QED) is 0.0623. The number of nitrogens with zero attached hydrogens (tertiary/aromatic N) is 6. The van der Waals surface area contributed by atoms with E-state index in [0.717, 1.165) is 36.4 Å². The van der Waals surface area contributed by atoms with Gasteiger partial charge in [-0.15, -0.1) is 0 Å². The van der Waals surface area contributed by atoms with Crippen molar-refractivity contribution in [3.8, 4) is 0 Å². The number of carboxylic acid groups (broad SMARTS) is 3. The van der Waals surface area contributed by atoms with E-state index in [-0.39, 0.29) is 55.4 Å². The number of nitrogens with two attached hydrogens (primary N) is 2. The largest absolute Gasteiger partial charge is 0.478 e. The Morgan fingerprint density at radius 3 is 1.03 bits per heavy atom. The number of carboxylic acids is 3. The summed E-state index contributed by atoms with van der Waals surface area (Å²) in [5, 5.41) is 23.6. The van der Waals surface area contributed by atoms with Crippen LogP contribution in [-0.4, -0.2) is 74.7 Å². The Hall–Kier alpha value is -7.38. The summed E-state index contributed by atoms with van der Waals surface area (Å²) in [4.78, 5) is 64.5. The van der Waals surface area contributed by atoms with Crippen LogP contribution in [0.2, 0.25) is 15.5 Å². The van der Waals surface area contributed by atoms with Crippen molar-refractivity contribution in [3.05, 3.63) is 128 Å². The van der Waals surface area contributed by atoms with Gasteiger partial charge in [0, 0.05) is 0 Å². The molecular formula is C41H28Cl3F9N8O8. The number of esters is 1. The SMILES string of the molecule is CC(C)(C)OC(=O)c1ccc2nc(C(F)(F)F)c(Cl)nc2c1.Nc1ccc(C(=O)O)cc1N.O=C(O)c1ccc2nc(C(F)(F)F)c(Cl)nc2c1.O=C(O)c1ccc2nc(C(F)(F)F)c(Cl)nc2c1. The number of halogens is 12. The highest BCUT2D eigenvalue weighted by atomic mass is 35.5. The van der Waals surface area contributed by atoms with Gasteiger partial charge < -0.3 is 31.5 Å². The summed E-state index contributed by atoms with van der Waals surface area (Å²) in [5.41, 5.74) is 6.93. The van der Waals surface area contributed by atoms with Gasteiger partial charge in [-0.1, -0.05) is 34.8 Å². The van der Waals surface area contributed by atoms with E-state index in [9.17, 15) is 58.7 Å². The molecule has 0 amide bonds. The van der Waals surface area contributed by atoms with E-state index < -0.39 is 80.5 Å². The molecule has 7 aromatic rings. The number of aromatic nitrogens is 6. The van der Waals surface area contributed by atoms with Crippen molar-refractivity contribution in [1.82, 2.24) is 29.9 Å². The van der Waals surface area contributed by atoms with Gasteiger partial charge in [0.2, 0.25) is 0 Å². The van der Waals surface area contributed by atoms with Crippen molar-refractivity contribution in [2.45, 2.75) is 44.9 Å². The number of alkyl halides is 9. The molecule has 3 heterocycles. The number of benzene rings is 4. The molecular weight excluding hydrogens is 1010 g/mol. The first kappa shape index (κ1) is 54.2. The summed E-state index contributed by atoms with van der Waals surface area (Å²) in [7, 11) is 0. The monoisotopic (exact) mass is 1040 g/mol. The lowest BCUT2D eigenvalue weighted by molar-refractivity contribution is -0.141. The van der Waals surface area contributed by atoms with E-state index in [1.165, 1.54) is 36.4 Å². The lowest BCUT2D eigenvalue weighted by Gasteiger charge is -2.19. The molecule has 7 N–H and O–H groups in total. The maximum atomic E-state index is 12.7. The fourth-order valence-corrected chi connectivity index (χ4v) is 5.80. The zero-order chi connectivity index (χ0) is 52.1. The molecule has 364 valence electrons. The van der Waals surface area contributed by atoms with Crippen LogP contribution in [0.15, 0.2) is 72.8 Å². The molecule has 4 aromatic carbocycles. The average molecular weight is 1040 g/mol. The summed E-state index contributed by atoms with van der Waals surface area (Å²) < 4.78 is 118. The highest BCUT2D eigenvalue weighted by Crippen LogP contribution is 2.36. The minimum absolute atomic E-state index is 0.00657. The molecule has 0 unspecified atom stereocenters. The Balaban J connectivity index is 0.000000205. The molecule has 0 fully saturated rings. The van der Waals surface area contributed by atoms with Gasteiger partial charge in [-0.05, 0) is 93.6 Å². The van der Waals surface area contributed by atoms with Gasteiger partial charge in [-0.25, -0.2) is 49.1 Å². The third-order valence-electron chi connectivity index (χ3n) is 8.13. The van der Waals surface area contributed by atoms with Crippen LogP contribution in [0.25, 0.3) is 33.1 Å². The first-order valence-corrected chi connectivity index (χ1v) is 19.5. The maximum absolute atomic E-state index is 12.7. The van der Waals surface area contributed by atoms with E-state index >= 15 is 0 Å². The fraction of sp³-hybridized carbons (Fsp3) is 0.171. The minimum atomic E-state index is -4.70. The number of ether oxygens (including phenoxy) is 1. The molecule has 0 radical (unpaired) electrons. The van der Waals surface area contributed by atoms with Gasteiger partial charge in [-0.3, -0.25) is 0 Å². The minimum Gasteiger partial charge on any atom is -0.478 e. The molecule has 0 aliphatic rings. The third-order valence-corrected chi connectivity index (χ3v) is 8.92. The van der Waals surface area contributed by atoms with Crippen LogP contribution >= 0.6 is 34.8 Å². The van der Waals surface area contributed by atoms with Gasteiger partial charge in [-0.2, -0.15) is 39.5 Å². The number of aromatic carboxylic acids is 3. The lowest BCUT2D eigenvalue weighted by atomic mass is 10.1. The summed E-state index contributed by atoms with van der Waals surface area (Å²) in [6.07, 6.45) is -14.1. The van der Waals surface area contributed by atoms with E-state index in [1.54, 1.807) is 20.8 Å². The lowest BCUT2D eigenvalue weighted by Crippen LogP contribution is -2.23. The van der Waals surface area contributed by atoms with E-state index in [1.807, 2.05) is 0 Å². The van der Waals surface area contributed by atoms with Crippen LogP contribution in [0.1, 0.15) is 79.3 Å². The molecule has 7 rings (SSSR count). The molecule has 0 saturated heterocycles. The third kappa shape index (κ3) is 14.6. The Morgan fingerprint density at radius 2 is 0.739 bits per heavy atom. The fourth-order valence-electron chi connectivity index (χ4n) is 5.08. The second-order valence-electron chi connectivity index (χ2n) is 14.5. The van der Waals surface area contributed by atoms with Gasteiger partial charge in [0.1, 0.15) is 5.60 Å². The highest BCUT2D eigenvalue weighted by molar-refractivity contribution is 6.31. The zero-order valence-electron chi connectivity index (χ0n) is 34.7. The van der Waals surface area contributed by atoms with Crippen LogP contribution in [-0.2, 0) is 23.3 Å². The molecule has 0 atom stereocenters. The molecule has 0 saturated carbocycles. The number of hydrogen-bond acceptors (Lipinski definition) is 13. The summed E-state index contributed by atoms with van der Waals surface area (Å²) in [5.74, 6) is -4.03. The average Bonchev–Trinajstić information content (AvgIpc) is 3.22. The first-order chi connectivity index (χ1) is 31.7. The predicted molar refractivity (Wildman–Crippen MR) is 230 cm³/mol. The molecule has 16 nitrogen and oxygen atoms in total. The summed E-state index contributed by atoms with van der Waals surface area (Å²) in [6.45, 7) is 5.12. The van der Waals surface area contributed by atoms with Crippen LogP contribution in [0, 0.1) is 0 Å². The zero-order valence-corrected chi connectivity index (χ0v) is 37.0. The van der Waals surface area contributed by atoms with Crippen molar-refractivity contribution in [2.75, 3.05) is 11.5 Å². The van der Waals surface area contributed by atoms with Crippen LogP contribution in [0.3, 0.4) is 0 Å². The Kier molecular flexibility index (Phi) is 16.4. The van der Waals surface area contributed by atoms with Crippen LogP contribution < -0.4 is 11.5 Å².